The second-order valence-electron chi connectivity index (χ2n) is 4.30. The molecule has 0 spiro atoms. The Morgan fingerprint density at radius 3 is 2.69 bits per heavy atom. The van der Waals surface area contributed by atoms with Gasteiger partial charge in [-0.25, -0.2) is 0 Å². The van der Waals surface area contributed by atoms with Gasteiger partial charge in [0.25, 0.3) is 0 Å². The van der Waals surface area contributed by atoms with E-state index in [1.165, 1.54) is 11.1 Å². The van der Waals surface area contributed by atoms with Gasteiger partial charge in [0.05, 0.1) is 0 Å². The maximum Gasteiger partial charge on any atom is 0.0485 e. The van der Waals surface area contributed by atoms with Crippen LogP contribution in [0, 0.1) is 12.3 Å². The first-order valence-corrected chi connectivity index (χ1v) is 4.55. The van der Waals surface area contributed by atoms with E-state index < -0.39 is 0 Å². The van der Waals surface area contributed by atoms with E-state index in [9.17, 15) is 0 Å². The molecule has 0 radical (unpaired) electrons. The van der Waals surface area contributed by atoms with E-state index in [2.05, 4.69) is 25.8 Å². The predicted octanol–water partition coefficient (Wildman–Crippen LogP) is 1.95. The van der Waals surface area contributed by atoms with Crippen LogP contribution >= 0.6 is 0 Å². The number of rotatable bonds is 3. The van der Waals surface area contributed by atoms with Crippen molar-refractivity contribution in [3.63, 3.8) is 0 Å². The van der Waals surface area contributed by atoms with Gasteiger partial charge in [-0.15, -0.1) is 0 Å². The number of aromatic nitrogens is 1. The van der Waals surface area contributed by atoms with Crippen molar-refractivity contribution >= 4 is 0 Å². The molecule has 0 bridgehead atoms. The molecular weight excluding hydrogens is 162 g/mol. The molecule has 72 valence electrons. The van der Waals surface area contributed by atoms with Crippen molar-refractivity contribution in [1.29, 1.82) is 0 Å². The topological polar surface area (TPSA) is 33.1 Å². The number of pyridine rings is 1. The molecule has 0 amide bonds. The lowest BCUT2D eigenvalue weighted by molar-refractivity contribution is 0.159. The lowest BCUT2D eigenvalue weighted by atomic mass is 9.86. The van der Waals surface area contributed by atoms with E-state index in [-0.39, 0.29) is 12.0 Å². The number of aliphatic hydroxyl groups is 1. The predicted molar refractivity (Wildman–Crippen MR) is 53.5 cm³/mol. The van der Waals surface area contributed by atoms with E-state index in [0.29, 0.717) is 0 Å². The lowest BCUT2D eigenvalue weighted by Crippen LogP contribution is -2.20. The number of hydrogen-bond donors (Lipinski definition) is 1. The van der Waals surface area contributed by atoms with Crippen LogP contribution in [-0.2, 0) is 6.42 Å². The van der Waals surface area contributed by atoms with Crippen LogP contribution in [0.5, 0.6) is 0 Å². The zero-order valence-electron chi connectivity index (χ0n) is 8.54. The third-order valence-electron chi connectivity index (χ3n) is 2.24. The number of hydrogen-bond acceptors (Lipinski definition) is 2. The quantitative estimate of drug-likeness (QED) is 0.769. The van der Waals surface area contributed by atoms with Crippen molar-refractivity contribution in [1.82, 2.24) is 4.98 Å². The van der Waals surface area contributed by atoms with Gasteiger partial charge in [-0.2, -0.15) is 0 Å². The van der Waals surface area contributed by atoms with Crippen LogP contribution < -0.4 is 0 Å². The minimum Gasteiger partial charge on any atom is -0.396 e. The Morgan fingerprint density at radius 1 is 1.46 bits per heavy atom. The van der Waals surface area contributed by atoms with Gasteiger partial charge in [-0.05, 0) is 36.0 Å². The summed E-state index contributed by atoms with van der Waals surface area (Å²) in [6, 6.07) is 2.00. The summed E-state index contributed by atoms with van der Waals surface area (Å²) in [5, 5.41) is 9.13. The molecule has 0 aliphatic heterocycles. The fraction of sp³-hybridized carbons (Fsp3) is 0.545. The molecule has 0 aliphatic rings. The van der Waals surface area contributed by atoms with Crippen LogP contribution in [0.2, 0.25) is 0 Å². The van der Waals surface area contributed by atoms with Crippen molar-refractivity contribution in [2.24, 2.45) is 5.41 Å². The third kappa shape index (κ3) is 2.81. The summed E-state index contributed by atoms with van der Waals surface area (Å²) in [5.74, 6) is 0. The van der Waals surface area contributed by atoms with E-state index in [1.807, 2.05) is 12.3 Å². The summed E-state index contributed by atoms with van der Waals surface area (Å²) >= 11 is 0. The van der Waals surface area contributed by atoms with Crippen LogP contribution in [0.3, 0.4) is 0 Å². The molecule has 1 aromatic rings. The number of nitrogens with zero attached hydrogens (tertiary/aromatic N) is 1. The third-order valence-corrected chi connectivity index (χ3v) is 2.24. The van der Waals surface area contributed by atoms with Crippen LogP contribution in [0.25, 0.3) is 0 Å². The number of aliphatic hydroxyl groups excluding tert-OH is 1. The molecule has 0 aromatic carbocycles. The molecular formula is C11H17NO. The minimum absolute atomic E-state index is 0.0478. The molecule has 0 atom stereocenters. The van der Waals surface area contributed by atoms with E-state index in [0.717, 1.165) is 6.42 Å². The highest BCUT2D eigenvalue weighted by molar-refractivity contribution is 5.22. The Bertz CT molecular complexity index is 281. The van der Waals surface area contributed by atoms with Crippen LogP contribution in [0.15, 0.2) is 18.5 Å². The van der Waals surface area contributed by atoms with Gasteiger partial charge in [0, 0.05) is 19.0 Å². The summed E-state index contributed by atoms with van der Waals surface area (Å²) in [6.07, 6.45) is 4.56. The molecule has 2 nitrogen and oxygen atoms in total. The Labute approximate surface area is 79.6 Å². The fourth-order valence-electron chi connectivity index (χ4n) is 1.25. The SMILES string of the molecule is Cc1ccncc1CC(C)(C)CO. The fourth-order valence-corrected chi connectivity index (χ4v) is 1.25. The molecule has 13 heavy (non-hydrogen) atoms. The average Bonchev–Trinajstić information content (AvgIpc) is 2.09. The maximum absolute atomic E-state index is 9.13. The van der Waals surface area contributed by atoms with Gasteiger partial charge in [-0.1, -0.05) is 13.8 Å². The van der Waals surface area contributed by atoms with Crippen LogP contribution in [0.4, 0.5) is 0 Å². The van der Waals surface area contributed by atoms with Gasteiger partial charge >= 0.3 is 0 Å². The summed E-state index contributed by atoms with van der Waals surface area (Å²) in [5.41, 5.74) is 2.42. The Morgan fingerprint density at radius 2 is 2.15 bits per heavy atom. The Hall–Kier alpha value is -0.890. The van der Waals surface area contributed by atoms with Crippen molar-refractivity contribution in [3.05, 3.63) is 29.6 Å². The molecule has 0 saturated heterocycles. The monoisotopic (exact) mass is 179 g/mol. The van der Waals surface area contributed by atoms with E-state index >= 15 is 0 Å². The van der Waals surface area contributed by atoms with Crippen molar-refractivity contribution in [3.8, 4) is 0 Å². The van der Waals surface area contributed by atoms with Crippen molar-refractivity contribution < 1.29 is 5.11 Å². The van der Waals surface area contributed by atoms with Crippen molar-refractivity contribution in [2.45, 2.75) is 27.2 Å². The molecule has 1 heterocycles. The summed E-state index contributed by atoms with van der Waals surface area (Å²) < 4.78 is 0. The number of aryl methyl sites for hydroxylation is 1. The first kappa shape index (κ1) is 10.2. The molecule has 1 aromatic heterocycles. The second-order valence-corrected chi connectivity index (χ2v) is 4.30. The van der Waals surface area contributed by atoms with Gasteiger partial charge in [0.2, 0.25) is 0 Å². The highest BCUT2D eigenvalue weighted by Gasteiger charge is 2.17. The Kier molecular flexibility index (Phi) is 3.04. The molecule has 0 unspecified atom stereocenters. The molecule has 1 N–H and O–H groups in total. The summed E-state index contributed by atoms with van der Waals surface area (Å²) in [4.78, 5) is 4.08. The minimum atomic E-state index is -0.0478. The van der Waals surface area contributed by atoms with Gasteiger partial charge in [0.1, 0.15) is 0 Å². The van der Waals surface area contributed by atoms with E-state index in [4.69, 9.17) is 5.11 Å². The molecule has 2 heteroatoms. The zero-order valence-corrected chi connectivity index (χ0v) is 8.54. The first-order chi connectivity index (χ1) is 6.05. The average molecular weight is 179 g/mol. The van der Waals surface area contributed by atoms with Crippen LogP contribution in [0.1, 0.15) is 25.0 Å². The molecule has 0 fully saturated rings. The Balaban J connectivity index is 2.80. The second kappa shape index (κ2) is 3.88. The molecule has 0 aliphatic carbocycles. The zero-order chi connectivity index (χ0) is 9.90. The van der Waals surface area contributed by atoms with Gasteiger partial charge < -0.3 is 5.11 Å². The van der Waals surface area contributed by atoms with Crippen molar-refractivity contribution in [2.75, 3.05) is 6.61 Å². The normalized spacial score (nSPS) is 11.7. The standard InChI is InChI=1S/C11H17NO/c1-9-4-5-12-7-10(9)6-11(2,3)8-13/h4-5,7,13H,6,8H2,1-3H3. The van der Waals surface area contributed by atoms with Gasteiger partial charge in [-0.3, -0.25) is 4.98 Å². The highest BCUT2D eigenvalue weighted by atomic mass is 16.3. The molecule has 1 rings (SSSR count). The maximum atomic E-state index is 9.13. The first-order valence-electron chi connectivity index (χ1n) is 4.55. The lowest BCUT2D eigenvalue weighted by Gasteiger charge is -2.22. The summed E-state index contributed by atoms with van der Waals surface area (Å²) in [6.45, 7) is 6.39. The molecule has 0 saturated carbocycles. The van der Waals surface area contributed by atoms with Crippen LogP contribution in [-0.4, -0.2) is 16.7 Å². The van der Waals surface area contributed by atoms with Gasteiger partial charge in [0.15, 0.2) is 0 Å². The largest absolute Gasteiger partial charge is 0.396 e. The highest BCUT2D eigenvalue weighted by Crippen LogP contribution is 2.21. The smallest absolute Gasteiger partial charge is 0.0485 e. The summed E-state index contributed by atoms with van der Waals surface area (Å²) in [7, 11) is 0. The van der Waals surface area contributed by atoms with E-state index in [1.54, 1.807) is 6.20 Å².